The number of aryl methyl sites for hydroxylation is 1. The number of aromatic nitrogens is 4. The number of benzene rings is 1. The number of nitrogens with one attached hydrogen (secondary N) is 1. The number of alkyl carbamates (subject to hydrolysis) is 1. The maximum absolute atomic E-state index is 13.0. The Labute approximate surface area is 150 Å². The molecule has 26 heavy (non-hydrogen) atoms. The quantitative estimate of drug-likeness (QED) is 0.864. The van der Waals surface area contributed by atoms with Gasteiger partial charge >= 0.3 is 6.09 Å². The first-order valence-corrected chi connectivity index (χ1v) is 8.68. The van der Waals surface area contributed by atoms with E-state index in [9.17, 15) is 9.59 Å². The number of tetrazole rings is 1. The van der Waals surface area contributed by atoms with Gasteiger partial charge in [0.2, 0.25) is 0 Å². The molecule has 0 aliphatic carbocycles. The SMILES string of the molecule is Cc1nnnn1-c1cccc(C(=O)N2CCC[C@@]3(CC2)CNC(=O)O3)c1. The highest BCUT2D eigenvalue weighted by atomic mass is 16.6. The summed E-state index contributed by atoms with van der Waals surface area (Å²) in [6, 6.07) is 7.28. The number of hydrogen-bond donors (Lipinski definition) is 1. The van der Waals surface area contributed by atoms with Gasteiger partial charge in [0.1, 0.15) is 5.60 Å². The standard InChI is InChI=1S/C17H20N6O3/c1-12-19-20-21-23(12)14-5-2-4-13(10-14)15(24)22-8-3-6-17(7-9-22)11-18-16(25)26-17/h2,4-5,10H,3,6-9,11H2,1H3,(H,18,25)/t17-/m1/s1. The van der Waals surface area contributed by atoms with Gasteiger partial charge in [0, 0.05) is 25.1 Å². The van der Waals surface area contributed by atoms with Gasteiger partial charge in [-0.1, -0.05) is 6.07 Å². The van der Waals surface area contributed by atoms with Crippen LogP contribution in [0.5, 0.6) is 0 Å². The van der Waals surface area contributed by atoms with Crippen molar-refractivity contribution in [1.82, 2.24) is 30.4 Å². The van der Waals surface area contributed by atoms with E-state index in [1.54, 1.807) is 23.7 Å². The number of hydrogen-bond acceptors (Lipinski definition) is 6. The molecule has 9 heteroatoms. The predicted octanol–water partition coefficient (Wildman–Crippen LogP) is 1.08. The highest BCUT2D eigenvalue weighted by Gasteiger charge is 2.41. The van der Waals surface area contributed by atoms with Crippen molar-refractivity contribution in [2.24, 2.45) is 0 Å². The lowest BCUT2D eigenvalue weighted by atomic mass is 9.95. The largest absolute Gasteiger partial charge is 0.441 e. The van der Waals surface area contributed by atoms with Crippen molar-refractivity contribution < 1.29 is 14.3 Å². The second-order valence-corrected chi connectivity index (χ2v) is 6.76. The molecular weight excluding hydrogens is 336 g/mol. The average molecular weight is 356 g/mol. The number of nitrogens with zero attached hydrogens (tertiary/aromatic N) is 5. The van der Waals surface area contributed by atoms with E-state index >= 15 is 0 Å². The van der Waals surface area contributed by atoms with Gasteiger partial charge in [-0.25, -0.2) is 4.79 Å². The van der Waals surface area contributed by atoms with Crippen molar-refractivity contribution in [1.29, 1.82) is 0 Å². The Hall–Kier alpha value is -2.97. The third-order valence-electron chi connectivity index (χ3n) is 5.01. The Kier molecular flexibility index (Phi) is 4.06. The number of rotatable bonds is 2. The molecule has 2 aromatic rings. The maximum Gasteiger partial charge on any atom is 0.407 e. The van der Waals surface area contributed by atoms with Gasteiger partial charge in [0.25, 0.3) is 5.91 Å². The monoisotopic (exact) mass is 356 g/mol. The molecule has 0 unspecified atom stereocenters. The zero-order chi connectivity index (χ0) is 18.1. The maximum atomic E-state index is 13.0. The molecule has 1 spiro atoms. The fourth-order valence-electron chi connectivity index (χ4n) is 3.58. The molecule has 0 bridgehead atoms. The van der Waals surface area contributed by atoms with Crippen LogP contribution in [0.25, 0.3) is 5.69 Å². The lowest BCUT2D eigenvalue weighted by Gasteiger charge is -2.25. The smallest absolute Gasteiger partial charge is 0.407 e. The van der Waals surface area contributed by atoms with Crippen molar-refractivity contribution in [2.45, 2.75) is 31.8 Å². The van der Waals surface area contributed by atoms with Crippen molar-refractivity contribution in [2.75, 3.05) is 19.6 Å². The van der Waals surface area contributed by atoms with Crippen molar-refractivity contribution >= 4 is 12.0 Å². The van der Waals surface area contributed by atoms with Crippen LogP contribution >= 0.6 is 0 Å². The molecule has 2 aliphatic heterocycles. The molecule has 4 rings (SSSR count). The van der Waals surface area contributed by atoms with E-state index in [0.717, 1.165) is 18.5 Å². The minimum absolute atomic E-state index is 0.0353. The van der Waals surface area contributed by atoms with E-state index in [4.69, 9.17) is 4.74 Å². The second kappa shape index (κ2) is 6.40. The zero-order valence-corrected chi connectivity index (χ0v) is 14.5. The van der Waals surface area contributed by atoms with Crippen molar-refractivity contribution in [3.8, 4) is 5.69 Å². The fraction of sp³-hybridized carbons (Fsp3) is 0.471. The molecule has 2 fully saturated rings. The summed E-state index contributed by atoms with van der Waals surface area (Å²) in [5.41, 5.74) is 0.866. The number of likely N-dealkylation sites (tertiary alicyclic amines) is 1. The van der Waals surface area contributed by atoms with Gasteiger partial charge in [0.05, 0.1) is 12.2 Å². The molecule has 9 nitrogen and oxygen atoms in total. The molecule has 0 radical (unpaired) electrons. The summed E-state index contributed by atoms with van der Waals surface area (Å²) in [5.74, 6) is 0.619. The Morgan fingerprint density at radius 1 is 1.31 bits per heavy atom. The van der Waals surface area contributed by atoms with Gasteiger partial charge < -0.3 is 15.0 Å². The molecule has 136 valence electrons. The summed E-state index contributed by atoms with van der Waals surface area (Å²) in [4.78, 5) is 26.2. The Morgan fingerprint density at radius 2 is 2.19 bits per heavy atom. The summed E-state index contributed by atoms with van der Waals surface area (Å²) in [5, 5.41) is 14.2. The van der Waals surface area contributed by atoms with Crippen LogP contribution in [0.1, 0.15) is 35.4 Å². The molecule has 3 heterocycles. The van der Waals surface area contributed by atoms with Crippen LogP contribution < -0.4 is 5.32 Å². The molecule has 1 aromatic heterocycles. The Balaban J connectivity index is 1.51. The van der Waals surface area contributed by atoms with Crippen LogP contribution in [0.15, 0.2) is 24.3 Å². The van der Waals surface area contributed by atoms with Gasteiger partial charge in [0.15, 0.2) is 5.82 Å². The summed E-state index contributed by atoms with van der Waals surface area (Å²) in [6.45, 7) is 3.52. The lowest BCUT2D eigenvalue weighted by molar-refractivity contribution is 0.0438. The number of carbonyl (C=O) groups is 2. The number of amides is 2. The predicted molar refractivity (Wildman–Crippen MR) is 90.9 cm³/mol. The first-order valence-electron chi connectivity index (χ1n) is 8.68. The molecule has 1 aromatic carbocycles. The second-order valence-electron chi connectivity index (χ2n) is 6.76. The molecule has 1 atom stereocenters. The molecule has 2 amide bonds. The normalized spacial score (nSPS) is 22.8. The summed E-state index contributed by atoms with van der Waals surface area (Å²) in [7, 11) is 0. The third kappa shape index (κ3) is 3.00. The summed E-state index contributed by atoms with van der Waals surface area (Å²) in [6.07, 6.45) is 1.84. The van der Waals surface area contributed by atoms with E-state index in [2.05, 4.69) is 20.8 Å². The summed E-state index contributed by atoms with van der Waals surface area (Å²) >= 11 is 0. The van der Waals surface area contributed by atoms with Crippen LogP contribution in [-0.2, 0) is 4.74 Å². The van der Waals surface area contributed by atoms with Crippen LogP contribution in [0.3, 0.4) is 0 Å². The van der Waals surface area contributed by atoms with Gasteiger partial charge in [-0.3, -0.25) is 4.79 Å². The first kappa shape index (κ1) is 16.5. The van der Waals surface area contributed by atoms with Crippen LogP contribution in [0.2, 0.25) is 0 Å². The van der Waals surface area contributed by atoms with E-state index in [1.165, 1.54) is 0 Å². The first-order chi connectivity index (χ1) is 12.6. The minimum Gasteiger partial charge on any atom is -0.441 e. The number of carbonyl (C=O) groups excluding carboxylic acids is 2. The molecule has 1 N–H and O–H groups in total. The number of ether oxygens (including phenoxy) is 1. The highest BCUT2D eigenvalue weighted by molar-refractivity contribution is 5.94. The topological polar surface area (TPSA) is 102 Å². The van der Waals surface area contributed by atoms with E-state index in [1.807, 2.05) is 17.0 Å². The van der Waals surface area contributed by atoms with Crippen LogP contribution in [0, 0.1) is 6.92 Å². The molecule has 0 saturated carbocycles. The van der Waals surface area contributed by atoms with Crippen molar-refractivity contribution in [3.05, 3.63) is 35.7 Å². The van der Waals surface area contributed by atoms with Gasteiger partial charge in [-0.05, 0) is 48.4 Å². The summed E-state index contributed by atoms with van der Waals surface area (Å²) < 4.78 is 7.07. The van der Waals surface area contributed by atoms with E-state index < -0.39 is 5.60 Å². The van der Waals surface area contributed by atoms with Crippen LogP contribution in [-0.4, -0.2) is 62.3 Å². The van der Waals surface area contributed by atoms with Crippen LogP contribution in [0.4, 0.5) is 4.79 Å². The highest BCUT2D eigenvalue weighted by Crippen LogP contribution is 2.29. The minimum atomic E-state index is -0.475. The third-order valence-corrected chi connectivity index (χ3v) is 5.01. The average Bonchev–Trinajstić information content (AvgIpc) is 3.16. The van der Waals surface area contributed by atoms with Gasteiger partial charge in [-0.15, -0.1) is 5.10 Å². The Bertz CT molecular complexity index is 851. The molecule has 2 aliphatic rings. The fourth-order valence-corrected chi connectivity index (χ4v) is 3.58. The molecular formula is C17H20N6O3. The van der Waals surface area contributed by atoms with E-state index in [-0.39, 0.29) is 12.0 Å². The van der Waals surface area contributed by atoms with Crippen molar-refractivity contribution in [3.63, 3.8) is 0 Å². The molecule has 2 saturated heterocycles. The lowest BCUT2D eigenvalue weighted by Crippen LogP contribution is -2.36. The Morgan fingerprint density at radius 3 is 2.92 bits per heavy atom. The van der Waals surface area contributed by atoms with E-state index in [0.29, 0.717) is 37.4 Å². The zero-order valence-electron chi connectivity index (χ0n) is 14.5. The van der Waals surface area contributed by atoms with Gasteiger partial charge in [-0.2, -0.15) is 4.68 Å².